The van der Waals surface area contributed by atoms with Crippen LogP contribution < -0.4 is 9.64 Å². The number of benzene rings is 3. The summed E-state index contributed by atoms with van der Waals surface area (Å²) in [5.74, 6) is 1.13. The second-order valence-electron chi connectivity index (χ2n) is 12.4. The van der Waals surface area contributed by atoms with Crippen LogP contribution in [0.4, 0.5) is 14.6 Å². The molecule has 2 saturated heterocycles. The number of aromatic hydroxyl groups is 1. The molecule has 50 heavy (non-hydrogen) atoms. The standard InChI is InChI=1S/C37H36F2N5O5P/c1-4-28-31(38)16-13-24-18-27(45)19-29(32(24)28)34-33(39)35-30(20-40-34)36(42-37(41-35)47-3)43-21-25-14-15-26(22-43)44(25)50(46,48-5-2)49-17-9-12-23-10-7-6-8-11-23/h1,6-8,10-11,13,16,18-20,25-26,45H,5,9,12,14-15,17,21-22H2,2-3H3. The molecule has 0 radical (unpaired) electrons. The first-order chi connectivity index (χ1) is 24.2. The normalized spacial score (nSPS) is 18.7. The van der Waals surface area contributed by atoms with E-state index in [2.05, 4.69) is 33.0 Å². The van der Waals surface area contributed by atoms with Gasteiger partial charge >= 0.3 is 13.8 Å². The fourth-order valence-corrected chi connectivity index (χ4v) is 9.39. The number of terminal acetylenes is 1. The number of phenols is 1. The SMILES string of the molecule is C#Cc1c(F)ccc2cc(O)cc(-c3ncc4c(N5CC6CCC(C5)N6P(=O)(OCC)OCCCc5ccccc5)nc(OC)nc4c3F)c12. The van der Waals surface area contributed by atoms with Crippen LogP contribution in [0.15, 0.2) is 60.8 Å². The number of ether oxygens (including phenoxy) is 1. The highest BCUT2D eigenvalue weighted by Gasteiger charge is 2.51. The fraction of sp³-hybridized carbons (Fsp3) is 0.324. The molecule has 258 valence electrons. The largest absolute Gasteiger partial charge is 0.508 e. The van der Waals surface area contributed by atoms with Crippen molar-refractivity contribution in [3.8, 4) is 35.4 Å². The number of piperazine rings is 1. The number of nitrogens with zero attached hydrogens (tertiary/aromatic N) is 5. The average Bonchev–Trinajstić information content (AvgIpc) is 3.40. The second-order valence-corrected chi connectivity index (χ2v) is 14.3. The van der Waals surface area contributed by atoms with Gasteiger partial charge in [-0.25, -0.2) is 13.3 Å². The molecular weight excluding hydrogens is 663 g/mol. The number of rotatable bonds is 11. The molecule has 3 aromatic carbocycles. The van der Waals surface area contributed by atoms with Crippen molar-refractivity contribution in [3.05, 3.63) is 83.6 Å². The van der Waals surface area contributed by atoms with E-state index >= 15 is 4.39 Å². The first-order valence-electron chi connectivity index (χ1n) is 16.5. The Morgan fingerprint density at radius 2 is 1.82 bits per heavy atom. The van der Waals surface area contributed by atoms with E-state index in [9.17, 15) is 14.1 Å². The van der Waals surface area contributed by atoms with Gasteiger partial charge in [-0.2, -0.15) is 14.6 Å². The lowest BCUT2D eigenvalue weighted by atomic mass is 9.96. The van der Waals surface area contributed by atoms with Gasteiger partial charge in [-0.15, -0.1) is 6.42 Å². The van der Waals surface area contributed by atoms with Gasteiger partial charge in [0.25, 0.3) is 0 Å². The number of fused-ring (bicyclic) bond motifs is 4. The van der Waals surface area contributed by atoms with Gasteiger partial charge in [-0.1, -0.05) is 42.3 Å². The van der Waals surface area contributed by atoms with Crippen LogP contribution in [0.3, 0.4) is 0 Å². The summed E-state index contributed by atoms with van der Waals surface area (Å²) in [6.45, 7) is 3.16. The Morgan fingerprint density at radius 3 is 2.52 bits per heavy atom. The molecule has 0 spiro atoms. The zero-order chi connectivity index (χ0) is 35.0. The van der Waals surface area contributed by atoms with E-state index in [-0.39, 0.29) is 64.8 Å². The van der Waals surface area contributed by atoms with E-state index in [0.717, 1.165) is 19.3 Å². The molecule has 10 nitrogen and oxygen atoms in total. The third kappa shape index (κ3) is 6.16. The highest BCUT2D eigenvalue weighted by atomic mass is 31.2. The van der Waals surface area contributed by atoms with Crippen molar-refractivity contribution in [2.75, 3.05) is 38.3 Å². The van der Waals surface area contributed by atoms with Crippen molar-refractivity contribution in [2.45, 2.75) is 44.7 Å². The lowest BCUT2D eigenvalue weighted by Gasteiger charge is -2.43. The highest BCUT2D eigenvalue weighted by molar-refractivity contribution is 7.51. The molecular formula is C37H36F2N5O5P. The minimum atomic E-state index is -3.61. The maximum absolute atomic E-state index is 16.6. The number of halogens is 2. The topological polar surface area (TPSA) is 110 Å². The number of pyridine rings is 1. The third-order valence-corrected chi connectivity index (χ3v) is 11.6. The van der Waals surface area contributed by atoms with Crippen molar-refractivity contribution in [3.63, 3.8) is 0 Å². The number of phenolic OH excluding ortho intramolecular Hbond substituents is 1. The Hall–Kier alpha value is -4.66. The zero-order valence-electron chi connectivity index (χ0n) is 27.7. The lowest BCUT2D eigenvalue weighted by molar-refractivity contribution is 0.133. The Morgan fingerprint density at radius 1 is 1.06 bits per heavy atom. The molecule has 2 fully saturated rings. The van der Waals surface area contributed by atoms with Gasteiger partial charge in [-0.3, -0.25) is 14.0 Å². The van der Waals surface area contributed by atoms with Gasteiger partial charge < -0.3 is 14.7 Å². The quantitative estimate of drug-likeness (QED) is 0.0859. The van der Waals surface area contributed by atoms with Gasteiger partial charge in [0.05, 0.1) is 31.3 Å². The summed E-state index contributed by atoms with van der Waals surface area (Å²) in [4.78, 5) is 15.4. The Balaban J connectivity index is 1.21. The summed E-state index contributed by atoms with van der Waals surface area (Å²) < 4.78 is 64.9. The molecule has 3 atom stereocenters. The zero-order valence-corrected chi connectivity index (χ0v) is 28.6. The Labute approximate surface area is 288 Å². The van der Waals surface area contributed by atoms with Crippen LogP contribution in [0.25, 0.3) is 32.9 Å². The molecule has 5 aromatic rings. The monoisotopic (exact) mass is 699 g/mol. The minimum absolute atomic E-state index is 0.0591. The predicted octanol–water partition coefficient (Wildman–Crippen LogP) is 7.27. The average molecular weight is 700 g/mol. The number of anilines is 1. The molecule has 4 heterocycles. The van der Waals surface area contributed by atoms with E-state index in [1.807, 2.05) is 27.8 Å². The third-order valence-electron chi connectivity index (χ3n) is 9.30. The van der Waals surface area contributed by atoms with Gasteiger partial charge in [0.15, 0.2) is 5.82 Å². The molecule has 7 rings (SSSR count). The molecule has 13 heteroatoms. The van der Waals surface area contributed by atoms with Crippen LogP contribution in [0.1, 0.15) is 37.3 Å². The summed E-state index contributed by atoms with van der Waals surface area (Å²) in [5, 5.41) is 11.5. The predicted molar refractivity (Wildman–Crippen MR) is 187 cm³/mol. The van der Waals surface area contributed by atoms with Crippen LogP contribution >= 0.6 is 7.75 Å². The molecule has 2 bridgehead atoms. The molecule has 0 saturated carbocycles. The lowest BCUT2D eigenvalue weighted by Crippen LogP contribution is -2.53. The van der Waals surface area contributed by atoms with E-state index in [4.69, 9.17) is 20.2 Å². The first-order valence-corrected chi connectivity index (χ1v) is 18.0. The fourth-order valence-electron chi connectivity index (χ4n) is 7.18. The van der Waals surface area contributed by atoms with Gasteiger partial charge in [0, 0.05) is 42.3 Å². The first kappa shape index (κ1) is 33.8. The maximum atomic E-state index is 16.6. The summed E-state index contributed by atoms with van der Waals surface area (Å²) >= 11 is 0. The van der Waals surface area contributed by atoms with Crippen LogP contribution in [-0.2, 0) is 20.0 Å². The number of aryl methyl sites for hydroxylation is 1. The number of hydrogen-bond donors (Lipinski definition) is 1. The van der Waals surface area contributed by atoms with Gasteiger partial charge in [0.1, 0.15) is 28.6 Å². The summed E-state index contributed by atoms with van der Waals surface area (Å²) in [6, 6.07) is 15.1. The Kier molecular flexibility index (Phi) is 9.42. The van der Waals surface area contributed by atoms with E-state index in [1.54, 1.807) is 6.92 Å². The molecule has 2 aromatic heterocycles. The highest BCUT2D eigenvalue weighted by Crippen LogP contribution is 2.59. The molecule has 2 aliphatic rings. The number of hydrogen-bond acceptors (Lipinski definition) is 9. The molecule has 0 amide bonds. The summed E-state index contributed by atoms with van der Waals surface area (Å²) in [5.41, 5.74) is 0.997. The van der Waals surface area contributed by atoms with Crippen LogP contribution in [0, 0.1) is 24.0 Å². The summed E-state index contributed by atoms with van der Waals surface area (Å²) in [6.07, 6.45) is 10.1. The smallest absolute Gasteiger partial charge is 0.408 e. The van der Waals surface area contributed by atoms with Crippen molar-refractivity contribution in [1.29, 1.82) is 0 Å². The van der Waals surface area contributed by atoms with Crippen molar-refractivity contribution in [2.24, 2.45) is 0 Å². The van der Waals surface area contributed by atoms with Gasteiger partial charge in [0.2, 0.25) is 0 Å². The molecule has 1 N–H and O–H groups in total. The molecule has 3 unspecified atom stereocenters. The van der Waals surface area contributed by atoms with Crippen molar-refractivity contribution in [1.82, 2.24) is 19.6 Å². The van der Waals surface area contributed by atoms with Crippen LogP contribution in [-0.4, -0.2) is 70.2 Å². The van der Waals surface area contributed by atoms with E-state index in [1.165, 1.54) is 43.1 Å². The maximum Gasteiger partial charge on any atom is 0.408 e. The second kappa shape index (κ2) is 13.9. The van der Waals surface area contributed by atoms with Crippen molar-refractivity contribution >= 4 is 35.2 Å². The van der Waals surface area contributed by atoms with E-state index < -0.39 is 19.4 Å². The summed E-state index contributed by atoms with van der Waals surface area (Å²) in [7, 11) is -2.22. The molecule has 0 aliphatic carbocycles. The van der Waals surface area contributed by atoms with Crippen LogP contribution in [0.5, 0.6) is 11.8 Å². The minimum Gasteiger partial charge on any atom is -0.508 e. The number of methoxy groups -OCH3 is 1. The Bertz CT molecular complexity index is 2150. The van der Waals surface area contributed by atoms with Gasteiger partial charge in [-0.05, 0) is 61.8 Å². The molecule has 2 aliphatic heterocycles. The van der Waals surface area contributed by atoms with E-state index in [0.29, 0.717) is 36.1 Å². The number of aromatic nitrogens is 3. The van der Waals surface area contributed by atoms with Crippen molar-refractivity contribution < 1.29 is 32.2 Å². The van der Waals surface area contributed by atoms with Crippen LogP contribution in [0.2, 0.25) is 0 Å².